The van der Waals surface area contributed by atoms with E-state index < -0.39 is 15.8 Å². The zero-order valence-electron chi connectivity index (χ0n) is 14.4. The van der Waals surface area contributed by atoms with Crippen molar-refractivity contribution in [2.75, 3.05) is 0 Å². The maximum atomic E-state index is 13.2. The number of sulfonamides is 1. The summed E-state index contributed by atoms with van der Waals surface area (Å²) in [6, 6.07) is 9.61. The van der Waals surface area contributed by atoms with Gasteiger partial charge in [0, 0.05) is 12.8 Å². The van der Waals surface area contributed by atoms with Crippen LogP contribution in [0, 0.1) is 5.82 Å². The number of nitrogens with zero attached hydrogens (tertiary/aromatic N) is 2. The Balaban J connectivity index is 1.59. The highest BCUT2D eigenvalue weighted by Crippen LogP contribution is 2.19. The first kappa shape index (κ1) is 20.1. The molecule has 28 heavy (non-hydrogen) atoms. The predicted molar refractivity (Wildman–Crippen MR) is 98.8 cm³/mol. The van der Waals surface area contributed by atoms with Crippen molar-refractivity contribution in [3.05, 3.63) is 76.7 Å². The molecule has 0 aliphatic rings. The molecule has 2 aromatic heterocycles. The number of hydrogen-bond acceptors (Lipinski definition) is 6. The van der Waals surface area contributed by atoms with Gasteiger partial charge in [0.05, 0.1) is 28.4 Å². The molecule has 10 heteroatoms. The van der Waals surface area contributed by atoms with Gasteiger partial charge >= 0.3 is 0 Å². The van der Waals surface area contributed by atoms with Crippen LogP contribution in [0.4, 0.5) is 4.39 Å². The molecule has 1 aromatic carbocycles. The molecule has 0 aliphatic heterocycles. The number of hydrogen-bond donors (Lipinski definition) is 1. The largest absolute Gasteiger partial charge is 0.469 e. The van der Waals surface area contributed by atoms with Crippen molar-refractivity contribution in [2.45, 2.75) is 24.3 Å². The van der Waals surface area contributed by atoms with E-state index in [-0.39, 0.29) is 34.4 Å². The fraction of sp³-hybridized carbons (Fsp3) is 0.167. The molecule has 0 saturated carbocycles. The average Bonchev–Trinajstić information content (AvgIpc) is 3.20. The van der Waals surface area contributed by atoms with E-state index in [1.54, 1.807) is 12.1 Å². The highest BCUT2D eigenvalue weighted by molar-refractivity contribution is 7.89. The minimum absolute atomic E-state index is 0.148. The summed E-state index contributed by atoms with van der Waals surface area (Å²) < 4.78 is 45.1. The van der Waals surface area contributed by atoms with E-state index in [0.717, 1.165) is 18.2 Å². The molecule has 3 aromatic rings. The number of benzene rings is 1. The number of aromatic nitrogens is 2. The minimum atomic E-state index is -3.90. The number of carbonyl (C=O) groups excluding carboxylic acids is 1. The van der Waals surface area contributed by atoms with Crippen LogP contribution >= 0.6 is 11.6 Å². The van der Waals surface area contributed by atoms with Gasteiger partial charge in [-0.3, -0.25) is 4.79 Å². The van der Waals surface area contributed by atoms with E-state index in [1.807, 2.05) is 0 Å². The molecular weight excluding hydrogens is 409 g/mol. The third-order valence-corrected chi connectivity index (χ3v) is 5.52. The smallest absolute Gasteiger partial charge is 0.240 e. The number of furan rings is 1. The molecule has 0 atom stereocenters. The number of halogens is 2. The number of rotatable bonds is 8. The molecule has 0 amide bonds. The van der Waals surface area contributed by atoms with Crippen LogP contribution in [-0.4, -0.2) is 24.4 Å². The van der Waals surface area contributed by atoms with E-state index in [2.05, 4.69) is 14.9 Å². The third kappa shape index (κ3) is 5.00. The maximum absolute atomic E-state index is 13.2. The Morgan fingerprint density at radius 1 is 1.18 bits per heavy atom. The lowest BCUT2D eigenvalue weighted by molar-refractivity contribution is 0.0975. The Kier molecular flexibility index (Phi) is 6.18. The van der Waals surface area contributed by atoms with E-state index in [1.165, 1.54) is 18.4 Å². The van der Waals surface area contributed by atoms with Gasteiger partial charge in [-0.25, -0.2) is 17.5 Å². The molecule has 7 nitrogen and oxygen atoms in total. The molecule has 3 rings (SSSR count). The Morgan fingerprint density at radius 2 is 2.00 bits per heavy atom. The molecule has 0 spiro atoms. The standard InChI is InChI=1S/C18H15ClFN3O4S/c19-15-10-14(5-6-16(15)20)28(25,26)21-11-12-3-7-17(23-22-12)18(24)8-4-13-2-1-9-27-13/h1-3,5-7,9-10,21H,4,8,11H2. The maximum Gasteiger partial charge on any atom is 0.240 e. The predicted octanol–water partition coefficient (Wildman–Crippen LogP) is 3.16. The fourth-order valence-electron chi connectivity index (χ4n) is 2.32. The van der Waals surface area contributed by atoms with Crippen molar-refractivity contribution in [3.63, 3.8) is 0 Å². The molecule has 0 aliphatic carbocycles. The number of Topliss-reactive ketones (excluding diaryl/α,β-unsaturated/α-hetero) is 1. The highest BCUT2D eigenvalue weighted by atomic mass is 35.5. The molecule has 0 saturated heterocycles. The molecular formula is C18H15ClFN3O4S. The quantitative estimate of drug-likeness (QED) is 0.558. The lowest BCUT2D eigenvalue weighted by Crippen LogP contribution is -2.24. The number of ketones is 1. The highest BCUT2D eigenvalue weighted by Gasteiger charge is 2.16. The van der Waals surface area contributed by atoms with Crippen LogP contribution in [0.5, 0.6) is 0 Å². The normalized spacial score (nSPS) is 11.5. The summed E-state index contributed by atoms with van der Waals surface area (Å²) in [5, 5.41) is 7.42. The van der Waals surface area contributed by atoms with Gasteiger partial charge in [-0.1, -0.05) is 11.6 Å². The molecule has 2 heterocycles. The van der Waals surface area contributed by atoms with Crippen molar-refractivity contribution >= 4 is 27.4 Å². The Bertz CT molecular complexity index is 1070. The van der Waals surface area contributed by atoms with Crippen molar-refractivity contribution in [1.82, 2.24) is 14.9 Å². The second-order valence-corrected chi connectivity index (χ2v) is 7.99. The van der Waals surface area contributed by atoms with Gasteiger partial charge in [0.2, 0.25) is 10.0 Å². The van der Waals surface area contributed by atoms with Crippen molar-refractivity contribution in [1.29, 1.82) is 0 Å². The van der Waals surface area contributed by atoms with Crippen molar-refractivity contribution in [3.8, 4) is 0 Å². The topological polar surface area (TPSA) is 102 Å². The second-order valence-electron chi connectivity index (χ2n) is 5.81. The third-order valence-electron chi connectivity index (χ3n) is 3.83. The van der Waals surface area contributed by atoms with Crippen molar-refractivity contribution < 1.29 is 22.0 Å². The fourth-order valence-corrected chi connectivity index (χ4v) is 3.59. The van der Waals surface area contributed by atoms with Gasteiger partial charge in [0.1, 0.15) is 17.3 Å². The second kappa shape index (κ2) is 8.59. The van der Waals surface area contributed by atoms with Gasteiger partial charge in [-0.05, 0) is 42.5 Å². The summed E-state index contributed by atoms with van der Waals surface area (Å²) >= 11 is 5.61. The first-order valence-electron chi connectivity index (χ1n) is 8.18. The first-order valence-corrected chi connectivity index (χ1v) is 10.0. The van der Waals surface area contributed by atoms with E-state index in [4.69, 9.17) is 16.0 Å². The number of nitrogens with one attached hydrogen (secondary N) is 1. The molecule has 0 fully saturated rings. The summed E-state index contributed by atoms with van der Waals surface area (Å²) in [5.41, 5.74) is 0.503. The Morgan fingerprint density at radius 3 is 2.64 bits per heavy atom. The zero-order chi connectivity index (χ0) is 20.1. The van der Waals surface area contributed by atoms with Gasteiger partial charge in [0.15, 0.2) is 5.78 Å². The van der Waals surface area contributed by atoms with E-state index >= 15 is 0 Å². The zero-order valence-corrected chi connectivity index (χ0v) is 16.0. The number of carbonyl (C=O) groups is 1. The SMILES string of the molecule is O=C(CCc1ccco1)c1ccc(CNS(=O)(=O)c2ccc(F)c(Cl)c2)nn1. The average molecular weight is 424 g/mol. The molecule has 0 radical (unpaired) electrons. The Hall–Kier alpha value is -2.62. The van der Waals surface area contributed by atoms with E-state index in [0.29, 0.717) is 17.9 Å². The van der Waals surface area contributed by atoms with Crippen LogP contribution in [0.1, 0.15) is 28.4 Å². The molecule has 0 bridgehead atoms. The Labute approximate surface area is 165 Å². The van der Waals surface area contributed by atoms with Crippen molar-refractivity contribution in [2.24, 2.45) is 0 Å². The number of aryl methyl sites for hydroxylation is 1. The van der Waals surface area contributed by atoms with Crippen LogP contribution in [0.2, 0.25) is 5.02 Å². The summed E-state index contributed by atoms with van der Waals surface area (Å²) in [6.07, 6.45) is 2.21. The summed E-state index contributed by atoms with van der Waals surface area (Å²) in [6.45, 7) is -0.148. The lowest BCUT2D eigenvalue weighted by atomic mass is 10.1. The van der Waals surface area contributed by atoms with Crippen LogP contribution in [0.15, 0.2) is 58.0 Å². The van der Waals surface area contributed by atoms with Crippen LogP contribution in [0.3, 0.4) is 0 Å². The van der Waals surface area contributed by atoms with Gasteiger partial charge in [-0.15, -0.1) is 5.10 Å². The van der Waals surface area contributed by atoms with Gasteiger partial charge in [0.25, 0.3) is 0 Å². The van der Waals surface area contributed by atoms with Crippen LogP contribution in [0.25, 0.3) is 0 Å². The van der Waals surface area contributed by atoms with Gasteiger partial charge < -0.3 is 4.42 Å². The first-order chi connectivity index (χ1) is 13.3. The lowest BCUT2D eigenvalue weighted by Gasteiger charge is -2.07. The molecule has 0 unspecified atom stereocenters. The summed E-state index contributed by atoms with van der Waals surface area (Å²) in [7, 11) is -3.90. The summed E-state index contributed by atoms with van der Waals surface area (Å²) in [5.74, 6) is -0.205. The van der Waals surface area contributed by atoms with Gasteiger partial charge in [-0.2, -0.15) is 5.10 Å². The monoisotopic (exact) mass is 423 g/mol. The molecule has 146 valence electrons. The van der Waals surface area contributed by atoms with Crippen LogP contribution in [-0.2, 0) is 23.0 Å². The molecule has 1 N–H and O–H groups in total. The van der Waals surface area contributed by atoms with Crippen LogP contribution < -0.4 is 4.72 Å². The minimum Gasteiger partial charge on any atom is -0.469 e. The summed E-state index contributed by atoms with van der Waals surface area (Å²) in [4.78, 5) is 11.9. The van der Waals surface area contributed by atoms with E-state index in [9.17, 15) is 17.6 Å².